The number of ether oxygens (including phenoxy) is 1. The maximum atomic E-state index is 6.16. The van der Waals surface area contributed by atoms with Gasteiger partial charge in [-0.1, -0.05) is 0 Å². The molecule has 0 aromatic carbocycles. The third-order valence-electron chi connectivity index (χ3n) is 3.53. The lowest BCUT2D eigenvalue weighted by Crippen LogP contribution is -2.75. The van der Waals surface area contributed by atoms with Gasteiger partial charge in [0.1, 0.15) is 5.72 Å². The summed E-state index contributed by atoms with van der Waals surface area (Å²) >= 11 is 0. The second kappa shape index (κ2) is 2.22. The molecule has 0 amide bonds. The molecule has 0 unspecified atom stereocenters. The van der Waals surface area contributed by atoms with Gasteiger partial charge in [0.15, 0.2) is 0 Å². The maximum absolute atomic E-state index is 6.16. The number of hydrogen-bond donors (Lipinski definition) is 2. The van der Waals surface area contributed by atoms with Crippen LogP contribution in [0.3, 0.4) is 0 Å². The molecule has 2 N–H and O–H groups in total. The van der Waals surface area contributed by atoms with Gasteiger partial charge in [-0.15, -0.1) is 0 Å². The van der Waals surface area contributed by atoms with E-state index in [0.29, 0.717) is 0 Å². The Bertz CT molecular complexity index is 177. The van der Waals surface area contributed by atoms with Gasteiger partial charge in [-0.05, 0) is 25.7 Å². The molecule has 3 aliphatic rings. The van der Waals surface area contributed by atoms with Crippen LogP contribution in [0.5, 0.6) is 0 Å². The smallest absolute Gasteiger partial charge is 0.145 e. The summed E-state index contributed by atoms with van der Waals surface area (Å²) in [7, 11) is 0. The summed E-state index contributed by atoms with van der Waals surface area (Å²) < 4.78 is 6.16. The summed E-state index contributed by atoms with van der Waals surface area (Å²) in [5.41, 5.74) is 0.312. The van der Waals surface area contributed by atoms with Crippen molar-refractivity contribution in [3.05, 3.63) is 0 Å². The molecule has 0 aromatic rings. The normalized spacial score (nSPS) is 36.0. The first-order chi connectivity index (χ1) is 5.83. The highest BCUT2D eigenvalue weighted by atomic mass is 16.5. The van der Waals surface area contributed by atoms with Crippen LogP contribution in [0.15, 0.2) is 0 Å². The van der Waals surface area contributed by atoms with E-state index in [1.807, 2.05) is 0 Å². The highest BCUT2D eigenvalue weighted by molar-refractivity contribution is 5.03. The van der Waals surface area contributed by atoms with Crippen LogP contribution in [0.2, 0.25) is 0 Å². The molecule has 0 atom stereocenters. The summed E-state index contributed by atoms with van der Waals surface area (Å²) in [6.45, 7) is 3.13. The van der Waals surface area contributed by atoms with E-state index in [2.05, 4.69) is 10.6 Å². The van der Waals surface area contributed by atoms with Gasteiger partial charge in [0.05, 0.1) is 5.60 Å². The van der Waals surface area contributed by atoms with E-state index < -0.39 is 0 Å². The van der Waals surface area contributed by atoms with E-state index in [-0.39, 0.29) is 11.3 Å². The van der Waals surface area contributed by atoms with Gasteiger partial charge in [0.2, 0.25) is 0 Å². The Hall–Kier alpha value is -0.120. The molecule has 68 valence electrons. The molecule has 3 heteroatoms. The summed E-state index contributed by atoms with van der Waals surface area (Å²) in [6.07, 6.45) is 5.16. The molecule has 2 spiro atoms. The van der Waals surface area contributed by atoms with E-state index in [1.54, 1.807) is 0 Å². The van der Waals surface area contributed by atoms with Crippen molar-refractivity contribution >= 4 is 0 Å². The van der Waals surface area contributed by atoms with Crippen LogP contribution < -0.4 is 10.6 Å². The monoisotopic (exact) mass is 168 g/mol. The topological polar surface area (TPSA) is 33.3 Å². The quantitative estimate of drug-likeness (QED) is 0.543. The van der Waals surface area contributed by atoms with Gasteiger partial charge in [0.25, 0.3) is 0 Å². The highest BCUT2D eigenvalue weighted by Gasteiger charge is 2.51. The lowest BCUT2D eigenvalue weighted by atomic mass is 9.75. The Morgan fingerprint density at radius 3 is 2.42 bits per heavy atom. The predicted molar refractivity (Wildman–Crippen MR) is 45.9 cm³/mol. The molecule has 2 saturated heterocycles. The molecule has 3 rings (SSSR count). The van der Waals surface area contributed by atoms with Crippen LogP contribution in [0.1, 0.15) is 25.7 Å². The SMILES string of the molecule is C1CC2(C1)CCNC1(CNC1)O2. The van der Waals surface area contributed by atoms with E-state index in [9.17, 15) is 0 Å². The standard InChI is InChI=1S/C9H16N2O/c1-2-8(3-1)4-5-11-9(12-8)6-10-7-9/h10-11H,1-7H2. The molecule has 1 aliphatic carbocycles. The average molecular weight is 168 g/mol. The molecular weight excluding hydrogens is 152 g/mol. The largest absolute Gasteiger partial charge is 0.351 e. The fourth-order valence-electron chi connectivity index (χ4n) is 2.49. The van der Waals surface area contributed by atoms with Crippen molar-refractivity contribution in [2.45, 2.75) is 37.0 Å². The highest BCUT2D eigenvalue weighted by Crippen LogP contribution is 2.43. The Morgan fingerprint density at radius 1 is 1.08 bits per heavy atom. The van der Waals surface area contributed by atoms with Crippen molar-refractivity contribution in [2.75, 3.05) is 19.6 Å². The third-order valence-corrected chi connectivity index (χ3v) is 3.53. The number of hydrogen-bond acceptors (Lipinski definition) is 3. The van der Waals surface area contributed by atoms with Crippen LogP contribution >= 0.6 is 0 Å². The minimum absolute atomic E-state index is 0.0265. The van der Waals surface area contributed by atoms with E-state index >= 15 is 0 Å². The molecular formula is C9H16N2O. The predicted octanol–water partition coefficient (Wildman–Crippen LogP) is 0.219. The fraction of sp³-hybridized carbons (Fsp3) is 1.00. The first-order valence-corrected chi connectivity index (χ1v) is 4.99. The Balaban J connectivity index is 1.74. The fourth-order valence-corrected chi connectivity index (χ4v) is 2.49. The van der Waals surface area contributed by atoms with Gasteiger partial charge in [-0.25, -0.2) is 0 Å². The number of rotatable bonds is 0. The molecule has 2 aliphatic heterocycles. The zero-order valence-corrected chi connectivity index (χ0v) is 7.36. The van der Waals surface area contributed by atoms with Crippen LogP contribution in [-0.2, 0) is 4.74 Å². The Labute approximate surface area is 72.9 Å². The van der Waals surface area contributed by atoms with Gasteiger partial charge >= 0.3 is 0 Å². The third kappa shape index (κ3) is 0.873. The van der Waals surface area contributed by atoms with Crippen LogP contribution in [-0.4, -0.2) is 31.0 Å². The van der Waals surface area contributed by atoms with Gasteiger partial charge in [0, 0.05) is 19.6 Å². The van der Waals surface area contributed by atoms with Crippen molar-refractivity contribution < 1.29 is 4.74 Å². The maximum Gasteiger partial charge on any atom is 0.145 e. The van der Waals surface area contributed by atoms with E-state index in [0.717, 1.165) is 19.6 Å². The molecule has 1 saturated carbocycles. The van der Waals surface area contributed by atoms with E-state index in [1.165, 1.54) is 25.7 Å². The molecule has 0 radical (unpaired) electrons. The second-order valence-electron chi connectivity index (χ2n) is 4.41. The minimum Gasteiger partial charge on any atom is -0.351 e. The lowest BCUT2D eigenvalue weighted by Gasteiger charge is -2.56. The van der Waals surface area contributed by atoms with Gasteiger partial charge in [-0.2, -0.15) is 0 Å². The lowest BCUT2D eigenvalue weighted by molar-refractivity contribution is -0.246. The molecule has 12 heavy (non-hydrogen) atoms. The average Bonchev–Trinajstić information content (AvgIpc) is 1.99. The van der Waals surface area contributed by atoms with Crippen molar-refractivity contribution in [1.29, 1.82) is 0 Å². The minimum atomic E-state index is 0.0265. The van der Waals surface area contributed by atoms with Crippen LogP contribution in [0.4, 0.5) is 0 Å². The number of nitrogens with one attached hydrogen (secondary N) is 2. The van der Waals surface area contributed by atoms with Crippen molar-refractivity contribution in [2.24, 2.45) is 0 Å². The molecule has 0 aromatic heterocycles. The van der Waals surface area contributed by atoms with Crippen molar-refractivity contribution in [3.8, 4) is 0 Å². The summed E-state index contributed by atoms with van der Waals surface area (Å²) in [5.74, 6) is 0. The molecule has 3 nitrogen and oxygen atoms in total. The second-order valence-corrected chi connectivity index (χ2v) is 4.41. The Morgan fingerprint density at radius 2 is 1.92 bits per heavy atom. The van der Waals surface area contributed by atoms with Crippen molar-refractivity contribution in [3.63, 3.8) is 0 Å². The zero-order chi connectivity index (χ0) is 8.07. The summed E-state index contributed by atoms with van der Waals surface area (Å²) in [4.78, 5) is 0. The molecule has 3 fully saturated rings. The van der Waals surface area contributed by atoms with Crippen molar-refractivity contribution in [1.82, 2.24) is 10.6 Å². The van der Waals surface area contributed by atoms with Crippen LogP contribution in [0.25, 0.3) is 0 Å². The first-order valence-electron chi connectivity index (χ1n) is 4.99. The molecule has 0 bridgehead atoms. The Kier molecular flexibility index (Phi) is 1.35. The summed E-state index contributed by atoms with van der Waals surface area (Å²) in [6, 6.07) is 0. The van der Waals surface area contributed by atoms with Crippen LogP contribution in [0, 0.1) is 0 Å². The van der Waals surface area contributed by atoms with Gasteiger partial charge in [-0.3, -0.25) is 5.32 Å². The van der Waals surface area contributed by atoms with E-state index in [4.69, 9.17) is 4.74 Å². The first kappa shape index (κ1) is 7.30. The zero-order valence-electron chi connectivity index (χ0n) is 7.36. The van der Waals surface area contributed by atoms with Gasteiger partial charge < -0.3 is 10.1 Å². The molecule has 2 heterocycles. The summed E-state index contributed by atoms with van der Waals surface area (Å²) in [5, 5.41) is 6.74.